The summed E-state index contributed by atoms with van der Waals surface area (Å²) < 4.78 is 5.41. The van der Waals surface area contributed by atoms with Crippen LogP contribution in [0.5, 0.6) is 0 Å². The Labute approximate surface area is 118 Å². The smallest absolute Gasteiger partial charge is 0.352 e. The van der Waals surface area contributed by atoms with Crippen LogP contribution >= 0.6 is 0 Å². The van der Waals surface area contributed by atoms with Gasteiger partial charge in [-0.3, -0.25) is 4.79 Å². The molecule has 2 rings (SSSR count). The van der Waals surface area contributed by atoms with E-state index < -0.39 is 11.6 Å². The summed E-state index contributed by atoms with van der Waals surface area (Å²) in [4.78, 5) is 22.9. The topological polar surface area (TPSA) is 88.0 Å². The highest BCUT2D eigenvalue weighted by molar-refractivity contribution is 6.36. The lowest BCUT2D eigenvalue weighted by Gasteiger charge is -2.36. The fourth-order valence-corrected chi connectivity index (χ4v) is 2.79. The summed E-state index contributed by atoms with van der Waals surface area (Å²) >= 11 is 0. The lowest BCUT2D eigenvalue weighted by Crippen LogP contribution is -2.44. The minimum absolute atomic E-state index is 0.0875. The second-order valence-corrected chi connectivity index (χ2v) is 6.74. The first-order chi connectivity index (χ1) is 9.21. The van der Waals surface area contributed by atoms with Crippen LogP contribution in [0.3, 0.4) is 0 Å². The maximum atomic E-state index is 12.0. The number of hydrogen-bond acceptors (Lipinski definition) is 5. The molecular formula is C14H22N2O4. The van der Waals surface area contributed by atoms with Crippen LogP contribution < -0.4 is 5.43 Å². The molecule has 1 fully saturated rings. The van der Waals surface area contributed by atoms with Crippen LogP contribution in [-0.4, -0.2) is 33.9 Å². The Kier molecular flexibility index (Phi) is 3.75. The fraction of sp³-hybridized carbons (Fsp3) is 0.786. The van der Waals surface area contributed by atoms with Crippen molar-refractivity contribution in [2.45, 2.75) is 64.0 Å². The van der Waals surface area contributed by atoms with E-state index >= 15 is 0 Å². The molecule has 2 N–H and O–H groups in total. The van der Waals surface area contributed by atoms with Crippen LogP contribution in [0.25, 0.3) is 0 Å². The number of aliphatic carboxylic acids is 1. The lowest BCUT2D eigenvalue weighted by molar-refractivity contribution is -0.161. The first-order valence-electron chi connectivity index (χ1n) is 7.01. The fourth-order valence-electron chi connectivity index (χ4n) is 2.79. The van der Waals surface area contributed by atoms with Crippen molar-refractivity contribution >= 4 is 17.7 Å². The van der Waals surface area contributed by atoms with Crippen molar-refractivity contribution in [3.8, 4) is 0 Å². The molecule has 1 aliphatic heterocycles. The maximum absolute atomic E-state index is 12.0. The number of rotatable bonds is 2. The van der Waals surface area contributed by atoms with Gasteiger partial charge in [0.05, 0.1) is 11.5 Å². The third-order valence-electron chi connectivity index (χ3n) is 3.86. The van der Waals surface area contributed by atoms with Crippen molar-refractivity contribution in [2.75, 3.05) is 0 Å². The standard InChI is InChI=1S/C14H22N2O4/c1-13(2,3)20-12(19)9-4-6-14(7-5-9)8-10(11(17)18)15-16-14/h9,16H,4-8H2,1-3H3,(H,17,18). The van der Waals surface area contributed by atoms with Gasteiger partial charge in [-0.2, -0.15) is 5.10 Å². The minimum atomic E-state index is -0.969. The van der Waals surface area contributed by atoms with E-state index in [1.165, 1.54) is 0 Å². The maximum Gasteiger partial charge on any atom is 0.352 e. The molecular weight excluding hydrogens is 260 g/mol. The van der Waals surface area contributed by atoms with Crippen molar-refractivity contribution in [1.82, 2.24) is 5.43 Å². The molecule has 0 saturated heterocycles. The number of nitrogens with one attached hydrogen (secondary N) is 1. The highest BCUT2D eigenvalue weighted by atomic mass is 16.6. The first-order valence-corrected chi connectivity index (χ1v) is 7.01. The van der Waals surface area contributed by atoms with Gasteiger partial charge in [0.25, 0.3) is 0 Å². The van der Waals surface area contributed by atoms with E-state index in [-0.39, 0.29) is 23.1 Å². The Morgan fingerprint density at radius 3 is 2.40 bits per heavy atom. The van der Waals surface area contributed by atoms with Gasteiger partial charge in [-0.15, -0.1) is 0 Å². The number of carbonyl (C=O) groups excluding carboxylic acids is 1. The highest BCUT2D eigenvalue weighted by Gasteiger charge is 2.43. The van der Waals surface area contributed by atoms with Gasteiger partial charge in [0.15, 0.2) is 0 Å². The molecule has 1 saturated carbocycles. The van der Waals surface area contributed by atoms with Gasteiger partial charge in [-0.1, -0.05) is 0 Å². The molecule has 112 valence electrons. The molecule has 6 heteroatoms. The predicted molar refractivity (Wildman–Crippen MR) is 73.4 cm³/mol. The number of hydrogen-bond donors (Lipinski definition) is 2. The van der Waals surface area contributed by atoms with Gasteiger partial charge in [0, 0.05) is 6.42 Å². The van der Waals surface area contributed by atoms with E-state index in [2.05, 4.69) is 10.5 Å². The molecule has 1 heterocycles. The first kappa shape index (κ1) is 14.8. The molecule has 0 bridgehead atoms. The average molecular weight is 282 g/mol. The van der Waals surface area contributed by atoms with Crippen LogP contribution in [0.1, 0.15) is 52.9 Å². The van der Waals surface area contributed by atoms with Gasteiger partial charge < -0.3 is 15.3 Å². The van der Waals surface area contributed by atoms with Crippen molar-refractivity contribution in [1.29, 1.82) is 0 Å². The van der Waals surface area contributed by atoms with Crippen LogP contribution in [-0.2, 0) is 14.3 Å². The zero-order valence-electron chi connectivity index (χ0n) is 12.2. The summed E-state index contributed by atoms with van der Waals surface area (Å²) in [7, 11) is 0. The number of nitrogens with zero attached hydrogens (tertiary/aromatic N) is 1. The van der Waals surface area contributed by atoms with Gasteiger partial charge in [0.2, 0.25) is 0 Å². The Hall–Kier alpha value is -1.59. The monoisotopic (exact) mass is 282 g/mol. The van der Waals surface area contributed by atoms with Gasteiger partial charge in [-0.25, -0.2) is 4.79 Å². The molecule has 0 radical (unpaired) electrons. The SMILES string of the molecule is CC(C)(C)OC(=O)C1CCC2(CC1)CC(C(=O)O)=NN2. The molecule has 0 atom stereocenters. The molecule has 1 spiro atoms. The van der Waals surface area contributed by atoms with E-state index in [4.69, 9.17) is 9.84 Å². The molecule has 2 aliphatic rings. The number of esters is 1. The third kappa shape index (κ3) is 3.29. The van der Waals surface area contributed by atoms with Crippen LogP contribution in [0.2, 0.25) is 0 Å². The Morgan fingerprint density at radius 2 is 1.95 bits per heavy atom. The molecule has 0 aromatic rings. The second-order valence-electron chi connectivity index (χ2n) is 6.74. The van der Waals surface area contributed by atoms with E-state index in [0.29, 0.717) is 19.3 Å². The summed E-state index contributed by atoms with van der Waals surface area (Å²) in [5.41, 5.74) is 2.41. The van der Waals surface area contributed by atoms with E-state index in [1.54, 1.807) is 0 Å². The molecule has 20 heavy (non-hydrogen) atoms. The quantitative estimate of drug-likeness (QED) is 0.752. The molecule has 0 unspecified atom stereocenters. The molecule has 0 aromatic heterocycles. The molecule has 1 aliphatic carbocycles. The van der Waals surface area contributed by atoms with Gasteiger partial charge in [0.1, 0.15) is 11.3 Å². The summed E-state index contributed by atoms with van der Waals surface area (Å²) in [6.45, 7) is 5.59. The number of carbonyl (C=O) groups is 2. The molecule has 6 nitrogen and oxygen atoms in total. The van der Waals surface area contributed by atoms with Gasteiger partial charge in [-0.05, 0) is 46.5 Å². The summed E-state index contributed by atoms with van der Waals surface area (Å²) in [6, 6.07) is 0. The number of carboxylic acids is 1. The number of hydrazone groups is 1. The van der Waals surface area contributed by atoms with Crippen LogP contribution in [0.4, 0.5) is 0 Å². The molecule has 0 aromatic carbocycles. The summed E-state index contributed by atoms with van der Waals surface area (Å²) in [6.07, 6.45) is 3.35. The summed E-state index contributed by atoms with van der Waals surface area (Å²) in [5.74, 6) is -1.20. The lowest BCUT2D eigenvalue weighted by atomic mass is 9.75. The van der Waals surface area contributed by atoms with E-state index in [0.717, 1.165) is 12.8 Å². The highest BCUT2D eigenvalue weighted by Crippen LogP contribution is 2.37. The number of carboxylic acid groups (broad SMARTS) is 1. The van der Waals surface area contributed by atoms with Crippen molar-refractivity contribution in [2.24, 2.45) is 11.0 Å². The Morgan fingerprint density at radius 1 is 1.35 bits per heavy atom. The van der Waals surface area contributed by atoms with E-state index in [9.17, 15) is 9.59 Å². The average Bonchev–Trinajstić information content (AvgIpc) is 2.72. The summed E-state index contributed by atoms with van der Waals surface area (Å²) in [5, 5.41) is 12.8. The zero-order valence-corrected chi connectivity index (χ0v) is 12.2. The minimum Gasteiger partial charge on any atom is -0.477 e. The Balaban J connectivity index is 1.88. The van der Waals surface area contributed by atoms with Crippen LogP contribution in [0.15, 0.2) is 5.10 Å². The van der Waals surface area contributed by atoms with Crippen LogP contribution in [0, 0.1) is 5.92 Å². The Bertz CT molecular complexity index is 443. The number of ether oxygens (including phenoxy) is 1. The van der Waals surface area contributed by atoms with Crippen molar-refractivity contribution in [3.05, 3.63) is 0 Å². The van der Waals surface area contributed by atoms with Crippen molar-refractivity contribution < 1.29 is 19.4 Å². The predicted octanol–water partition coefficient (Wildman–Crippen LogP) is 1.69. The largest absolute Gasteiger partial charge is 0.477 e. The second kappa shape index (κ2) is 5.07. The molecule has 0 amide bonds. The van der Waals surface area contributed by atoms with E-state index in [1.807, 2.05) is 20.8 Å². The zero-order chi connectivity index (χ0) is 15.0. The normalized spacial score (nSPS) is 29.8. The van der Waals surface area contributed by atoms with Crippen molar-refractivity contribution in [3.63, 3.8) is 0 Å². The van der Waals surface area contributed by atoms with Gasteiger partial charge >= 0.3 is 11.9 Å². The third-order valence-corrected chi connectivity index (χ3v) is 3.86.